The van der Waals surface area contributed by atoms with Gasteiger partial charge >= 0.3 is 0 Å². The predicted molar refractivity (Wildman–Crippen MR) is 79.5 cm³/mol. The van der Waals surface area contributed by atoms with Gasteiger partial charge in [-0.15, -0.1) is 0 Å². The zero-order chi connectivity index (χ0) is 13.0. The van der Waals surface area contributed by atoms with Gasteiger partial charge in [0.1, 0.15) is 0 Å². The maximum atomic E-state index is 5.76. The molecule has 0 N–H and O–H groups in total. The Bertz CT molecular complexity index is 366. The summed E-state index contributed by atoms with van der Waals surface area (Å²) in [5.41, 5.74) is 1.37. The van der Waals surface area contributed by atoms with E-state index in [1.165, 1.54) is 5.56 Å². The van der Waals surface area contributed by atoms with Gasteiger partial charge in [0.25, 0.3) is 0 Å². The monoisotopic (exact) mass is 265 g/mol. The van der Waals surface area contributed by atoms with Gasteiger partial charge in [-0.3, -0.25) is 4.90 Å². The minimum absolute atomic E-state index is 0.0178. The average Bonchev–Trinajstić information content (AvgIpc) is 2.36. The van der Waals surface area contributed by atoms with E-state index in [4.69, 9.17) is 4.74 Å². The SMILES string of the molecule is CC1(C)CN(CC(CS)c2ccccc2)CCO1. The van der Waals surface area contributed by atoms with Crippen molar-refractivity contribution in [3.63, 3.8) is 0 Å². The lowest BCUT2D eigenvalue weighted by atomic mass is 9.99. The highest BCUT2D eigenvalue weighted by molar-refractivity contribution is 7.80. The van der Waals surface area contributed by atoms with Crippen LogP contribution in [0.4, 0.5) is 0 Å². The summed E-state index contributed by atoms with van der Waals surface area (Å²) in [6, 6.07) is 10.7. The molecule has 0 bridgehead atoms. The molecule has 0 radical (unpaired) electrons. The molecule has 1 aromatic carbocycles. The first kappa shape index (κ1) is 13.9. The third-order valence-electron chi connectivity index (χ3n) is 3.47. The number of rotatable bonds is 4. The Kier molecular flexibility index (Phi) is 4.71. The van der Waals surface area contributed by atoms with Gasteiger partial charge in [-0.25, -0.2) is 0 Å². The van der Waals surface area contributed by atoms with Crippen LogP contribution in [0, 0.1) is 0 Å². The molecule has 1 aromatic rings. The molecule has 1 aliphatic heterocycles. The lowest BCUT2D eigenvalue weighted by Crippen LogP contribution is -2.49. The van der Waals surface area contributed by atoms with E-state index in [9.17, 15) is 0 Å². The van der Waals surface area contributed by atoms with Gasteiger partial charge in [-0.05, 0) is 25.2 Å². The van der Waals surface area contributed by atoms with Crippen LogP contribution in [0.25, 0.3) is 0 Å². The van der Waals surface area contributed by atoms with Gasteiger partial charge in [0.15, 0.2) is 0 Å². The second-order valence-electron chi connectivity index (χ2n) is 5.63. The highest BCUT2D eigenvalue weighted by Crippen LogP contribution is 2.22. The van der Waals surface area contributed by atoms with Gasteiger partial charge in [0.2, 0.25) is 0 Å². The Morgan fingerprint density at radius 1 is 1.33 bits per heavy atom. The zero-order valence-corrected chi connectivity index (χ0v) is 12.2. The quantitative estimate of drug-likeness (QED) is 0.841. The maximum Gasteiger partial charge on any atom is 0.0753 e. The van der Waals surface area contributed by atoms with Crippen LogP contribution in [0.5, 0.6) is 0 Å². The summed E-state index contributed by atoms with van der Waals surface area (Å²) in [6.45, 7) is 8.26. The summed E-state index contributed by atoms with van der Waals surface area (Å²) in [5, 5.41) is 0. The largest absolute Gasteiger partial charge is 0.373 e. The van der Waals surface area contributed by atoms with E-state index < -0.39 is 0 Å². The van der Waals surface area contributed by atoms with Crippen molar-refractivity contribution in [1.82, 2.24) is 4.90 Å². The molecule has 0 aliphatic carbocycles. The fourth-order valence-electron chi connectivity index (χ4n) is 2.58. The molecule has 0 amide bonds. The lowest BCUT2D eigenvalue weighted by molar-refractivity contribution is -0.0867. The van der Waals surface area contributed by atoms with Gasteiger partial charge in [0, 0.05) is 25.6 Å². The molecule has 0 spiro atoms. The van der Waals surface area contributed by atoms with E-state index in [1.807, 2.05) is 0 Å². The minimum atomic E-state index is -0.0178. The van der Waals surface area contributed by atoms with Crippen molar-refractivity contribution in [2.24, 2.45) is 0 Å². The smallest absolute Gasteiger partial charge is 0.0753 e. The summed E-state index contributed by atoms with van der Waals surface area (Å²) in [7, 11) is 0. The molecule has 2 nitrogen and oxygen atoms in total. The van der Waals surface area contributed by atoms with E-state index in [2.05, 4.69) is 61.7 Å². The first-order chi connectivity index (χ1) is 8.61. The Balaban J connectivity index is 1.98. The Labute approximate surface area is 116 Å². The third kappa shape index (κ3) is 3.74. The zero-order valence-electron chi connectivity index (χ0n) is 11.3. The summed E-state index contributed by atoms with van der Waals surface area (Å²) in [5.74, 6) is 1.39. The highest BCUT2D eigenvalue weighted by Gasteiger charge is 2.28. The molecule has 100 valence electrons. The molecule has 1 unspecified atom stereocenters. The first-order valence-electron chi connectivity index (χ1n) is 6.63. The minimum Gasteiger partial charge on any atom is -0.373 e. The summed E-state index contributed by atoms with van der Waals surface area (Å²) in [4.78, 5) is 2.50. The molecule has 2 rings (SSSR count). The molecule has 1 fully saturated rings. The summed E-state index contributed by atoms with van der Waals surface area (Å²) in [6.07, 6.45) is 0. The molecule has 18 heavy (non-hydrogen) atoms. The van der Waals surface area contributed by atoms with Crippen molar-refractivity contribution < 1.29 is 4.74 Å². The van der Waals surface area contributed by atoms with Crippen LogP contribution in [0.2, 0.25) is 0 Å². The number of thiol groups is 1. The van der Waals surface area contributed by atoms with Crippen molar-refractivity contribution >= 4 is 12.6 Å². The lowest BCUT2D eigenvalue weighted by Gasteiger charge is -2.39. The van der Waals surface area contributed by atoms with Crippen LogP contribution < -0.4 is 0 Å². The first-order valence-corrected chi connectivity index (χ1v) is 7.26. The van der Waals surface area contributed by atoms with Crippen LogP contribution in [0.15, 0.2) is 30.3 Å². The molecular formula is C15H23NOS. The number of ether oxygens (including phenoxy) is 1. The second-order valence-corrected chi connectivity index (χ2v) is 6.00. The molecule has 3 heteroatoms. The Morgan fingerprint density at radius 3 is 2.67 bits per heavy atom. The topological polar surface area (TPSA) is 12.5 Å². The van der Waals surface area contributed by atoms with Crippen molar-refractivity contribution in [3.05, 3.63) is 35.9 Å². The Hall–Kier alpha value is -0.510. The van der Waals surface area contributed by atoms with E-state index in [-0.39, 0.29) is 5.60 Å². The van der Waals surface area contributed by atoms with E-state index in [0.29, 0.717) is 5.92 Å². The van der Waals surface area contributed by atoms with Crippen LogP contribution in [-0.2, 0) is 4.74 Å². The van der Waals surface area contributed by atoms with Gasteiger partial charge < -0.3 is 4.74 Å². The standard InChI is InChI=1S/C15H23NOS/c1-15(2)12-16(8-9-17-15)10-14(11-18)13-6-4-3-5-7-13/h3-7,14,18H,8-12H2,1-2H3. The number of benzene rings is 1. The molecule has 0 aromatic heterocycles. The number of hydrogen-bond acceptors (Lipinski definition) is 3. The summed E-state index contributed by atoms with van der Waals surface area (Å²) >= 11 is 4.51. The van der Waals surface area contributed by atoms with Crippen molar-refractivity contribution in [2.75, 3.05) is 32.0 Å². The molecule has 1 heterocycles. The number of morpholine rings is 1. The van der Waals surface area contributed by atoms with Crippen LogP contribution in [0.3, 0.4) is 0 Å². The van der Waals surface area contributed by atoms with Gasteiger partial charge in [0.05, 0.1) is 12.2 Å². The van der Waals surface area contributed by atoms with Crippen molar-refractivity contribution in [3.8, 4) is 0 Å². The van der Waals surface area contributed by atoms with Crippen LogP contribution >= 0.6 is 12.6 Å². The van der Waals surface area contributed by atoms with Gasteiger partial charge in [-0.1, -0.05) is 30.3 Å². The number of nitrogens with zero attached hydrogens (tertiary/aromatic N) is 1. The summed E-state index contributed by atoms with van der Waals surface area (Å²) < 4.78 is 5.76. The van der Waals surface area contributed by atoms with Crippen molar-refractivity contribution in [2.45, 2.75) is 25.4 Å². The average molecular weight is 265 g/mol. The normalized spacial score (nSPS) is 21.7. The van der Waals surface area contributed by atoms with Crippen molar-refractivity contribution in [1.29, 1.82) is 0 Å². The molecular weight excluding hydrogens is 242 g/mol. The molecule has 0 saturated carbocycles. The molecule has 1 atom stereocenters. The predicted octanol–water partition coefficient (Wildman–Crippen LogP) is 2.81. The van der Waals surface area contributed by atoms with E-state index in [1.54, 1.807) is 0 Å². The number of hydrogen-bond donors (Lipinski definition) is 1. The fourth-order valence-corrected chi connectivity index (χ4v) is 2.90. The third-order valence-corrected chi connectivity index (χ3v) is 3.92. The molecule has 1 aliphatic rings. The fraction of sp³-hybridized carbons (Fsp3) is 0.600. The maximum absolute atomic E-state index is 5.76. The van der Waals surface area contributed by atoms with E-state index in [0.717, 1.165) is 32.0 Å². The van der Waals surface area contributed by atoms with Crippen LogP contribution in [0.1, 0.15) is 25.3 Å². The van der Waals surface area contributed by atoms with E-state index >= 15 is 0 Å². The molecule has 1 saturated heterocycles. The Morgan fingerprint density at radius 2 is 2.06 bits per heavy atom. The second kappa shape index (κ2) is 6.09. The van der Waals surface area contributed by atoms with Crippen LogP contribution in [-0.4, -0.2) is 42.5 Å². The highest BCUT2D eigenvalue weighted by atomic mass is 32.1. The van der Waals surface area contributed by atoms with Gasteiger partial charge in [-0.2, -0.15) is 12.6 Å².